The molecule has 0 aliphatic heterocycles. The Labute approximate surface area is 101 Å². The molecule has 2 N–H and O–H groups in total. The topological polar surface area (TPSA) is 66.4 Å². The number of sulfonamides is 1. The first kappa shape index (κ1) is 14.1. The van der Waals surface area contributed by atoms with Crippen LogP contribution in [-0.2, 0) is 10.0 Å². The molecule has 0 aliphatic rings. The Hall–Kier alpha value is -0.980. The van der Waals surface area contributed by atoms with E-state index < -0.39 is 21.4 Å². The Bertz CT molecular complexity index is 506. The first-order valence-corrected chi connectivity index (χ1v) is 6.58. The zero-order valence-corrected chi connectivity index (χ0v) is 10.8. The highest BCUT2D eigenvalue weighted by Gasteiger charge is 2.20. The van der Waals surface area contributed by atoms with Gasteiger partial charge in [0, 0.05) is 6.54 Å². The van der Waals surface area contributed by atoms with Gasteiger partial charge in [0.15, 0.2) is 0 Å². The van der Waals surface area contributed by atoms with E-state index >= 15 is 0 Å². The quantitative estimate of drug-likeness (QED) is 0.855. The normalized spacial score (nSPS) is 12.8. The van der Waals surface area contributed by atoms with Crippen molar-refractivity contribution in [3.05, 3.63) is 29.6 Å². The first-order valence-electron chi connectivity index (χ1n) is 5.10. The summed E-state index contributed by atoms with van der Waals surface area (Å²) in [4.78, 5) is -0.148. The van der Waals surface area contributed by atoms with Gasteiger partial charge in [-0.2, -0.15) is 0 Å². The van der Waals surface area contributed by atoms with Gasteiger partial charge in [0.05, 0.1) is 10.5 Å². The molecular formula is C11H16FNO3S. The van der Waals surface area contributed by atoms with E-state index in [1.54, 1.807) is 6.92 Å². The van der Waals surface area contributed by atoms with Gasteiger partial charge in [-0.15, -0.1) is 0 Å². The van der Waals surface area contributed by atoms with Crippen molar-refractivity contribution in [1.29, 1.82) is 0 Å². The van der Waals surface area contributed by atoms with E-state index in [2.05, 4.69) is 4.72 Å². The van der Waals surface area contributed by atoms with E-state index in [0.717, 1.165) is 6.07 Å². The fraction of sp³-hybridized carbons (Fsp3) is 0.455. The van der Waals surface area contributed by atoms with Gasteiger partial charge in [0.1, 0.15) is 5.82 Å². The Kier molecular flexibility index (Phi) is 3.91. The van der Waals surface area contributed by atoms with Crippen LogP contribution in [0.3, 0.4) is 0 Å². The van der Waals surface area contributed by atoms with E-state index in [1.807, 2.05) is 0 Å². The van der Waals surface area contributed by atoms with Gasteiger partial charge in [-0.05, 0) is 38.5 Å². The van der Waals surface area contributed by atoms with Crippen LogP contribution >= 0.6 is 0 Å². The lowest BCUT2D eigenvalue weighted by atomic mass is 10.1. The summed E-state index contributed by atoms with van der Waals surface area (Å²) >= 11 is 0. The van der Waals surface area contributed by atoms with Crippen LogP contribution in [0.5, 0.6) is 0 Å². The monoisotopic (exact) mass is 261 g/mol. The Morgan fingerprint density at radius 1 is 1.41 bits per heavy atom. The largest absolute Gasteiger partial charge is 0.389 e. The molecule has 0 spiro atoms. The molecule has 0 saturated heterocycles. The zero-order chi connectivity index (χ0) is 13.3. The first-order chi connectivity index (χ1) is 7.62. The number of halogens is 1. The maximum Gasteiger partial charge on any atom is 0.240 e. The number of hydrogen-bond acceptors (Lipinski definition) is 3. The average molecular weight is 261 g/mol. The second-order valence-corrected chi connectivity index (χ2v) is 6.31. The van der Waals surface area contributed by atoms with Crippen molar-refractivity contribution in [2.75, 3.05) is 6.54 Å². The van der Waals surface area contributed by atoms with E-state index in [4.69, 9.17) is 0 Å². The molecule has 0 radical (unpaired) electrons. The van der Waals surface area contributed by atoms with Gasteiger partial charge >= 0.3 is 0 Å². The molecule has 4 nitrogen and oxygen atoms in total. The molecular weight excluding hydrogens is 245 g/mol. The second-order valence-electron chi connectivity index (χ2n) is 4.55. The third kappa shape index (κ3) is 4.07. The lowest BCUT2D eigenvalue weighted by molar-refractivity contribution is 0.0857. The highest BCUT2D eigenvalue weighted by atomic mass is 32.2. The van der Waals surface area contributed by atoms with E-state index in [1.165, 1.54) is 26.0 Å². The Morgan fingerprint density at radius 3 is 2.47 bits per heavy atom. The summed E-state index contributed by atoms with van der Waals surface area (Å²) in [5.74, 6) is -0.573. The van der Waals surface area contributed by atoms with Crippen LogP contribution in [0.25, 0.3) is 0 Å². The SMILES string of the molecule is Cc1ccc(S(=O)(=O)NCC(C)(C)O)cc1F. The van der Waals surface area contributed by atoms with Crippen LogP contribution in [0.2, 0.25) is 0 Å². The smallest absolute Gasteiger partial charge is 0.240 e. The summed E-state index contributed by atoms with van der Waals surface area (Å²) < 4.78 is 39.0. The molecule has 1 aromatic rings. The predicted molar refractivity (Wildman–Crippen MR) is 62.6 cm³/mol. The Balaban J connectivity index is 2.94. The fourth-order valence-corrected chi connectivity index (χ4v) is 2.31. The molecule has 1 aromatic carbocycles. The van der Waals surface area contributed by atoms with Crippen LogP contribution in [0.4, 0.5) is 4.39 Å². The molecule has 6 heteroatoms. The minimum atomic E-state index is -3.78. The van der Waals surface area contributed by atoms with Crippen molar-refractivity contribution < 1.29 is 17.9 Å². The molecule has 0 aliphatic carbocycles. The van der Waals surface area contributed by atoms with Crippen molar-refractivity contribution in [3.63, 3.8) is 0 Å². The van der Waals surface area contributed by atoms with Crippen LogP contribution in [-0.4, -0.2) is 25.7 Å². The standard InChI is InChI=1S/C11H16FNO3S/c1-8-4-5-9(6-10(8)12)17(15,16)13-7-11(2,3)14/h4-6,13-14H,7H2,1-3H3. The van der Waals surface area contributed by atoms with Crippen molar-refractivity contribution in [1.82, 2.24) is 4.72 Å². The maximum atomic E-state index is 13.2. The molecule has 0 heterocycles. The average Bonchev–Trinajstić information content (AvgIpc) is 2.18. The molecule has 96 valence electrons. The summed E-state index contributed by atoms with van der Waals surface area (Å²) in [5, 5.41) is 9.43. The summed E-state index contributed by atoms with van der Waals surface area (Å²) in [6.07, 6.45) is 0. The van der Waals surface area contributed by atoms with E-state index in [9.17, 15) is 17.9 Å². The van der Waals surface area contributed by atoms with Crippen molar-refractivity contribution in [2.24, 2.45) is 0 Å². The number of benzene rings is 1. The van der Waals surface area contributed by atoms with Crippen LogP contribution in [0.1, 0.15) is 19.4 Å². The van der Waals surface area contributed by atoms with E-state index in [0.29, 0.717) is 5.56 Å². The molecule has 0 aromatic heterocycles. The summed E-state index contributed by atoms with van der Waals surface area (Å²) in [6.45, 7) is 4.37. The minimum Gasteiger partial charge on any atom is -0.389 e. The van der Waals surface area contributed by atoms with Crippen LogP contribution in [0.15, 0.2) is 23.1 Å². The number of rotatable bonds is 4. The molecule has 0 bridgehead atoms. The molecule has 1 rings (SSSR count). The Morgan fingerprint density at radius 2 is 2.00 bits per heavy atom. The van der Waals surface area contributed by atoms with Crippen LogP contribution < -0.4 is 4.72 Å². The number of aliphatic hydroxyl groups is 1. The van der Waals surface area contributed by atoms with Gasteiger partial charge in [0.2, 0.25) is 10.0 Å². The highest BCUT2D eigenvalue weighted by molar-refractivity contribution is 7.89. The predicted octanol–water partition coefficient (Wildman–Crippen LogP) is 1.18. The maximum absolute atomic E-state index is 13.2. The third-order valence-electron chi connectivity index (χ3n) is 2.15. The zero-order valence-electron chi connectivity index (χ0n) is 9.99. The fourth-order valence-electron chi connectivity index (χ4n) is 1.10. The van der Waals surface area contributed by atoms with Gasteiger partial charge in [0.25, 0.3) is 0 Å². The lowest BCUT2D eigenvalue weighted by Crippen LogP contribution is -2.38. The van der Waals surface area contributed by atoms with Gasteiger partial charge < -0.3 is 5.11 Å². The summed E-state index contributed by atoms with van der Waals surface area (Å²) in [6, 6.07) is 3.68. The number of nitrogens with one attached hydrogen (secondary N) is 1. The molecule has 0 unspecified atom stereocenters. The van der Waals surface area contributed by atoms with Crippen molar-refractivity contribution in [2.45, 2.75) is 31.3 Å². The summed E-state index contributed by atoms with van der Waals surface area (Å²) in [5.41, 5.74) is -0.775. The third-order valence-corrected chi connectivity index (χ3v) is 3.55. The van der Waals surface area contributed by atoms with Gasteiger partial charge in [-0.3, -0.25) is 0 Å². The molecule has 0 saturated carbocycles. The molecule has 0 amide bonds. The molecule has 17 heavy (non-hydrogen) atoms. The summed E-state index contributed by atoms with van der Waals surface area (Å²) in [7, 11) is -3.78. The molecule has 0 fully saturated rings. The number of aryl methyl sites for hydroxylation is 1. The van der Waals surface area contributed by atoms with Gasteiger partial charge in [-0.25, -0.2) is 17.5 Å². The molecule has 0 atom stereocenters. The van der Waals surface area contributed by atoms with E-state index in [-0.39, 0.29) is 11.4 Å². The van der Waals surface area contributed by atoms with Crippen molar-refractivity contribution >= 4 is 10.0 Å². The minimum absolute atomic E-state index is 0.134. The van der Waals surface area contributed by atoms with Crippen molar-refractivity contribution in [3.8, 4) is 0 Å². The highest BCUT2D eigenvalue weighted by Crippen LogP contribution is 2.14. The lowest BCUT2D eigenvalue weighted by Gasteiger charge is -2.17. The second kappa shape index (κ2) is 4.72. The van der Waals surface area contributed by atoms with Gasteiger partial charge in [-0.1, -0.05) is 6.07 Å². The van der Waals surface area contributed by atoms with Crippen LogP contribution in [0, 0.1) is 12.7 Å². The number of hydrogen-bond donors (Lipinski definition) is 2.